The highest BCUT2D eigenvalue weighted by molar-refractivity contribution is 7.89. The second kappa shape index (κ2) is 9.51. The maximum Gasteiger partial charge on any atom is 0.257 e. The molecule has 6 nitrogen and oxygen atoms in total. The van der Waals surface area contributed by atoms with Crippen LogP contribution in [0.3, 0.4) is 0 Å². The zero-order valence-electron chi connectivity index (χ0n) is 17.5. The van der Waals surface area contributed by atoms with Gasteiger partial charge in [0.25, 0.3) is 5.91 Å². The highest BCUT2D eigenvalue weighted by Crippen LogP contribution is 2.24. The Morgan fingerprint density at radius 3 is 2.19 bits per heavy atom. The predicted molar refractivity (Wildman–Crippen MR) is 125 cm³/mol. The number of anilines is 2. The molecular weight excluding hydrogens is 434 g/mol. The maximum absolute atomic E-state index is 12.7. The van der Waals surface area contributed by atoms with Crippen LogP contribution in [0.5, 0.6) is 0 Å². The Bertz CT molecular complexity index is 1160. The van der Waals surface area contributed by atoms with Gasteiger partial charge < -0.3 is 10.2 Å². The predicted octanol–water partition coefficient (Wildman–Crippen LogP) is 4.48. The molecule has 0 fully saturated rings. The van der Waals surface area contributed by atoms with Gasteiger partial charge in [-0.2, -0.15) is 0 Å². The fourth-order valence-corrected chi connectivity index (χ4v) is 4.13. The molecule has 0 aliphatic carbocycles. The van der Waals surface area contributed by atoms with Crippen LogP contribution in [0.15, 0.2) is 77.7 Å². The molecular formula is C23H24ClN3O3S. The molecule has 3 rings (SSSR count). The van der Waals surface area contributed by atoms with Crippen molar-refractivity contribution in [3.05, 3.63) is 88.9 Å². The molecule has 1 amide bonds. The number of nitrogens with one attached hydrogen (secondary N) is 1. The quantitative estimate of drug-likeness (QED) is 0.568. The lowest BCUT2D eigenvalue weighted by Gasteiger charge is -2.20. The number of amides is 1. The van der Waals surface area contributed by atoms with Gasteiger partial charge in [0, 0.05) is 39.1 Å². The van der Waals surface area contributed by atoms with Gasteiger partial charge in [-0.1, -0.05) is 41.9 Å². The van der Waals surface area contributed by atoms with E-state index in [0.717, 1.165) is 16.5 Å². The molecule has 0 aromatic heterocycles. The normalized spacial score (nSPS) is 11.4. The zero-order chi connectivity index (χ0) is 22.6. The summed E-state index contributed by atoms with van der Waals surface area (Å²) in [7, 11) is 1.18. The lowest BCUT2D eigenvalue weighted by Crippen LogP contribution is -2.23. The molecule has 8 heteroatoms. The van der Waals surface area contributed by atoms with Crippen molar-refractivity contribution >= 4 is 38.9 Å². The van der Waals surface area contributed by atoms with Crippen molar-refractivity contribution in [2.24, 2.45) is 0 Å². The number of hydrogen-bond acceptors (Lipinski definition) is 4. The lowest BCUT2D eigenvalue weighted by atomic mass is 10.2. The minimum absolute atomic E-state index is 0.00457. The Balaban J connectivity index is 1.74. The van der Waals surface area contributed by atoms with Crippen molar-refractivity contribution in [2.45, 2.75) is 11.4 Å². The third-order valence-electron chi connectivity index (χ3n) is 4.79. The molecule has 0 aliphatic rings. The number of nitrogens with zero attached hydrogens (tertiary/aromatic N) is 2. The van der Waals surface area contributed by atoms with E-state index >= 15 is 0 Å². The van der Waals surface area contributed by atoms with Crippen molar-refractivity contribution in [3.8, 4) is 0 Å². The summed E-state index contributed by atoms with van der Waals surface area (Å²) in [6, 6.07) is 21.6. The molecule has 0 aliphatic heterocycles. The summed E-state index contributed by atoms with van der Waals surface area (Å²) in [5.41, 5.74) is 2.87. The number of benzene rings is 3. The summed E-state index contributed by atoms with van der Waals surface area (Å²) in [6.07, 6.45) is 0. The molecule has 162 valence electrons. The fourth-order valence-electron chi connectivity index (χ4n) is 3.00. The summed E-state index contributed by atoms with van der Waals surface area (Å²) in [5.74, 6) is -0.480. The number of sulfonamides is 1. The van der Waals surface area contributed by atoms with E-state index < -0.39 is 15.9 Å². The van der Waals surface area contributed by atoms with Crippen LogP contribution in [0.25, 0.3) is 0 Å². The summed E-state index contributed by atoms with van der Waals surface area (Å²) >= 11 is 6.15. The van der Waals surface area contributed by atoms with Crippen molar-refractivity contribution in [1.29, 1.82) is 0 Å². The van der Waals surface area contributed by atoms with Crippen molar-refractivity contribution in [3.63, 3.8) is 0 Å². The Morgan fingerprint density at radius 2 is 1.58 bits per heavy atom. The molecule has 3 aromatic rings. The molecule has 0 atom stereocenters. The number of carbonyl (C=O) groups is 1. The highest BCUT2D eigenvalue weighted by atomic mass is 35.5. The summed E-state index contributed by atoms with van der Waals surface area (Å²) in [5, 5.41) is 2.95. The van der Waals surface area contributed by atoms with Crippen LogP contribution in [-0.4, -0.2) is 39.8 Å². The van der Waals surface area contributed by atoms with Gasteiger partial charge in [0.1, 0.15) is 0 Å². The van der Waals surface area contributed by atoms with E-state index in [2.05, 4.69) is 22.3 Å². The van der Waals surface area contributed by atoms with Crippen molar-refractivity contribution in [1.82, 2.24) is 4.31 Å². The number of carbonyl (C=O) groups excluding carboxylic acids is 1. The maximum atomic E-state index is 12.7. The minimum Gasteiger partial charge on any atom is -0.370 e. The van der Waals surface area contributed by atoms with Gasteiger partial charge in [-0.3, -0.25) is 4.79 Å². The van der Waals surface area contributed by atoms with Crippen molar-refractivity contribution in [2.75, 3.05) is 31.4 Å². The largest absolute Gasteiger partial charge is 0.370 e. The van der Waals surface area contributed by atoms with E-state index in [9.17, 15) is 13.2 Å². The third-order valence-corrected chi connectivity index (χ3v) is 6.93. The zero-order valence-corrected chi connectivity index (χ0v) is 19.1. The van der Waals surface area contributed by atoms with E-state index in [1.54, 1.807) is 12.1 Å². The molecule has 3 aromatic carbocycles. The minimum atomic E-state index is -3.67. The van der Waals surface area contributed by atoms with E-state index in [-0.39, 0.29) is 15.5 Å². The Labute approximate surface area is 188 Å². The Kier molecular flexibility index (Phi) is 7.00. The molecule has 0 saturated heterocycles. The SMILES string of the molecule is CN(Cc1ccccc1)c1ccc(NC(=O)c2cc(S(=O)(=O)N(C)C)ccc2Cl)cc1. The first-order valence-corrected chi connectivity index (χ1v) is 11.4. The first-order chi connectivity index (χ1) is 14.7. The van der Waals surface area contributed by atoms with Crippen molar-refractivity contribution < 1.29 is 13.2 Å². The van der Waals surface area contributed by atoms with E-state index in [1.807, 2.05) is 37.4 Å². The third kappa shape index (κ3) is 5.44. The Hall–Kier alpha value is -2.87. The standard InChI is InChI=1S/C23H24ClN3O3S/c1-26(2)31(29,30)20-13-14-22(24)21(15-20)23(28)25-18-9-11-19(12-10-18)27(3)16-17-7-5-4-6-8-17/h4-15H,16H2,1-3H3,(H,25,28). The first-order valence-electron chi connectivity index (χ1n) is 9.57. The number of rotatable bonds is 7. The molecule has 0 heterocycles. The molecule has 1 N–H and O–H groups in total. The molecule has 0 bridgehead atoms. The van der Waals surface area contributed by atoms with Gasteiger partial charge in [0.2, 0.25) is 10.0 Å². The molecule has 0 radical (unpaired) electrons. The van der Waals surface area contributed by atoms with Crippen LogP contribution >= 0.6 is 11.6 Å². The monoisotopic (exact) mass is 457 g/mol. The van der Waals surface area contributed by atoms with Gasteiger partial charge in [0.05, 0.1) is 15.5 Å². The van der Waals surface area contributed by atoms with E-state index in [1.165, 1.54) is 37.9 Å². The van der Waals surface area contributed by atoms with Crippen LogP contribution < -0.4 is 10.2 Å². The summed E-state index contributed by atoms with van der Waals surface area (Å²) < 4.78 is 25.8. The van der Waals surface area contributed by atoms with Gasteiger partial charge in [-0.05, 0) is 48.0 Å². The number of hydrogen-bond donors (Lipinski definition) is 1. The van der Waals surface area contributed by atoms with Crippen LogP contribution in [0.4, 0.5) is 11.4 Å². The smallest absolute Gasteiger partial charge is 0.257 e. The fraction of sp³-hybridized carbons (Fsp3) is 0.174. The number of halogens is 1. The second-order valence-corrected chi connectivity index (χ2v) is 9.83. The van der Waals surface area contributed by atoms with Crippen LogP contribution in [0, 0.1) is 0 Å². The first kappa shape index (κ1) is 22.8. The molecule has 31 heavy (non-hydrogen) atoms. The van der Waals surface area contributed by atoms with E-state index in [0.29, 0.717) is 5.69 Å². The second-order valence-electron chi connectivity index (χ2n) is 7.27. The van der Waals surface area contributed by atoms with Gasteiger partial charge in [-0.25, -0.2) is 12.7 Å². The molecule has 0 saturated carbocycles. The molecule has 0 unspecified atom stereocenters. The van der Waals surface area contributed by atoms with E-state index in [4.69, 9.17) is 11.6 Å². The molecule has 0 spiro atoms. The van der Waals surface area contributed by atoms with Crippen LogP contribution in [0.1, 0.15) is 15.9 Å². The van der Waals surface area contributed by atoms with Gasteiger partial charge in [0.15, 0.2) is 0 Å². The summed E-state index contributed by atoms with van der Waals surface area (Å²) in [6.45, 7) is 0.759. The summed E-state index contributed by atoms with van der Waals surface area (Å²) in [4.78, 5) is 14.8. The van der Waals surface area contributed by atoms with Gasteiger partial charge >= 0.3 is 0 Å². The topological polar surface area (TPSA) is 69.7 Å². The highest BCUT2D eigenvalue weighted by Gasteiger charge is 2.21. The average Bonchev–Trinajstić information content (AvgIpc) is 2.75. The Morgan fingerprint density at radius 1 is 0.935 bits per heavy atom. The average molecular weight is 458 g/mol. The van der Waals surface area contributed by atoms with Gasteiger partial charge in [-0.15, -0.1) is 0 Å². The lowest BCUT2D eigenvalue weighted by molar-refractivity contribution is 0.102. The van der Waals surface area contributed by atoms with Crippen LogP contribution in [-0.2, 0) is 16.6 Å². The van der Waals surface area contributed by atoms with Crippen LogP contribution in [0.2, 0.25) is 5.02 Å².